The lowest BCUT2D eigenvalue weighted by atomic mass is 9.75. The molecular formula is C14H29N. The van der Waals surface area contributed by atoms with Crippen LogP contribution in [0.3, 0.4) is 0 Å². The van der Waals surface area contributed by atoms with Crippen LogP contribution in [0.4, 0.5) is 0 Å². The van der Waals surface area contributed by atoms with Crippen molar-refractivity contribution >= 4 is 0 Å². The van der Waals surface area contributed by atoms with Crippen LogP contribution in [0.15, 0.2) is 0 Å². The van der Waals surface area contributed by atoms with E-state index >= 15 is 0 Å². The van der Waals surface area contributed by atoms with Gasteiger partial charge < -0.3 is 5.32 Å². The van der Waals surface area contributed by atoms with E-state index in [1.807, 2.05) is 0 Å². The maximum absolute atomic E-state index is 3.66. The Labute approximate surface area is 96.0 Å². The lowest BCUT2D eigenvalue weighted by Crippen LogP contribution is -2.39. The average molecular weight is 211 g/mol. The van der Waals surface area contributed by atoms with Crippen LogP contribution in [0, 0.1) is 17.8 Å². The summed E-state index contributed by atoms with van der Waals surface area (Å²) in [4.78, 5) is 0. The van der Waals surface area contributed by atoms with E-state index in [-0.39, 0.29) is 0 Å². The number of hydrogen-bond acceptors (Lipinski definition) is 1. The van der Waals surface area contributed by atoms with Gasteiger partial charge in [0.05, 0.1) is 0 Å². The number of rotatable bonds is 4. The van der Waals surface area contributed by atoms with Crippen LogP contribution in [-0.4, -0.2) is 12.1 Å². The summed E-state index contributed by atoms with van der Waals surface area (Å²) in [5.41, 5.74) is 0. The predicted molar refractivity (Wildman–Crippen MR) is 68.0 cm³/mol. The van der Waals surface area contributed by atoms with E-state index < -0.39 is 0 Å². The minimum absolute atomic E-state index is 0.628. The fourth-order valence-corrected chi connectivity index (χ4v) is 2.97. The van der Waals surface area contributed by atoms with Crippen molar-refractivity contribution in [3.63, 3.8) is 0 Å². The van der Waals surface area contributed by atoms with E-state index in [1.54, 1.807) is 0 Å². The summed E-state index contributed by atoms with van der Waals surface area (Å²) in [7, 11) is 0. The Hall–Kier alpha value is -0.0400. The van der Waals surface area contributed by atoms with Crippen molar-refractivity contribution in [1.29, 1.82) is 0 Å². The molecule has 0 saturated heterocycles. The summed E-state index contributed by atoms with van der Waals surface area (Å²) in [6.45, 7) is 11.6. The first-order valence-corrected chi connectivity index (χ1v) is 6.76. The van der Waals surface area contributed by atoms with Gasteiger partial charge in [0.25, 0.3) is 0 Å². The Bertz CT molecular complexity index is 166. The van der Waals surface area contributed by atoms with Crippen molar-refractivity contribution in [2.24, 2.45) is 17.8 Å². The second-order valence-electron chi connectivity index (χ2n) is 6.03. The van der Waals surface area contributed by atoms with Crippen LogP contribution < -0.4 is 5.32 Å². The van der Waals surface area contributed by atoms with E-state index in [2.05, 4.69) is 39.9 Å². The molecule has 1 atom stereocenters. The molecule has 1 aliphatic carbocycles. The molecule has 90 valence electrons. The summed E-state index contributed by atoms with van der Waals surface area (Å²) in [6, 6.07) is 1.33. The molecule has 1 nitrogen and oxygen atoms in total. The summed E-state index contributed by atoms with van der Waals surface area (Å²) < 4.78 is 0. The van der Waals surface area contributed by atoms with Crippen molar-refractivity contribution in [3.05, 3.63) is 0 Å². The Morgan fingerprint density at radius 1 is 0.800 bits per heavy atom. The van der Waals surface area contributed by atoms with Gasteiger partial charge in [-0.3, -0.25) is 0 Å². The smallest absolute Gasteiger partial charge is 0.00693 e. The molecule has 1 heteroatoms. The highest BCUT2D eigenvalue weighted by Crippen LogP contribution is 2.34. The lowest BCUT2D eigenvalue weighted by molar-refractivity contribution is 0.190. The molecule has 0 bridgehead atoms. The molecule has 0 aromatic carbocycles. The van der Waals surface area contributed by atoms with Gasteiger partial charge in [-0.1, -0.05) is 27.7 Å². The molecule has 15 heavy (non-hydrogen) atoms. The molecule has 0 spiro atoms. The normalized spacial score (nSPS) is 29.8. The molecule has 1 aliphatic rings. The molecule has 0 aromatic rings. The largest absolute Gasteiger partial charge is 0.312 e. The maximum atomic E-state index is 3.66. The second kappa shape index (κ2) is 5.89. The highest BCUT2D eigenvalue weighted by molar-refractivity contribution is 4.81. The Kier molecular flexibility index (Phi) is 5.11. The first-order valence-electron chi connectivity index (χ1n) is 6.76. The van der Waals surface area contributed by atoms with Crippen LogP contribution in [0.5, 0.6) is 0 Å². The molecule has 0 aliphatic heterocycles. The molecule has 1 fully saturated rings. The van der Waals surface area contributed by atoms with Gasteiger partial charge in [-0.2, -0.15) is 0 Å². The summed E-state index contributed by atoms with van der Waals surface area (Å²) in [6.07, 6.45) is 5.77. The van der Waals surface area contributed by atoms with E-state index in [0.29, 0.717) is 12.1 Å². The van der Waals surface area contributed by atoms with Crippen molar-refractivity contribution < 1.29 is 0 Å². The van der Waals surface area contributed by atoms with Gasteiger partial charge in [0, 0.05) is 12.1 Å². The van der Waals surface area contributed by atoms with Gasteiger partial charge in [-0.15, -0.1) is 0 Å². The highest BCUT2D eigenvalue weighted by atomic mass is 14.9. The van der Waals surface area contributed by atoms with Crippen molar-refractivity contribution in [2.75, 3.05) is 0 Å². The summed E-state index contributed by atoms with van der Waals surface area (Å²) >= 11 is 0. The molecule has 1 rings (SSSR count). The lowest BCUT2D eigenvalue weighted by Gasteiger charge is -2.35. The SMILES string of the molecule is CC(C)N[C@H](C)C1CCC(C(C)C)CC1. The van der Waals surface area contributed by atoms with Crippen LogP contribution in [-0.2, 0) is 0 Å². The van der Waals surface area contributed by atoms with E-state index in [9.17, 15) is 0 Å². The minimum atomic E-state index is 0.628. The van der Waals surface area contributed by atoms with E-state index in [4.69, 9.17) is 0 Å². The fraction of sp³-hybridized carbons (Fsp3) is 1.00. The molecule has 0 unspecified atom stereocenters. The van der Waals surface area contributed by atoms with Gasteiger partial charge >= 0.3 is 0 Å². The number of hydrogen-bond donors (Lipinski definition) is 1. The van der Waals surface area contributed by atoms with Crippen LogP contribution in [0.1, 0.15) is 60.3 Å². The zero-order chi connectivity index (χ0) is 11.4. The van der Waals surface area contributed by atoms with Gasteiger partial charge in [-0.25, -0.2) is 0 Å². The van der Waals surface area contributed by atoms with Gasteiger partial charge in [-0.05, 0) is 50.4 Å². The number of nitrogens with one attached hydrogen (secondary N) is 1. The summed E-state index contributed by atoms with van der Waals surface area (Å²) in [5.74, 6) is 2.80. The maximum Gasteiger partial charge on any atom is 0.00693 e. The zero-order valence-corrected chi connectivity index (χ0v) is 11.2. The van der Waals surface area contributed by atoms with E-state index in [0.717, 1.165) is 17.8 Å². The molecular weight excluding hydrogens is 182 g/mol. The predicted octanol–water partition coefficient (Wildman–Crippen LogP) is 3.84. The van der Waals surface area contributed by atoms with E-state index in [1.165, 1.54) is 25.7 Å². The molecule has 0 aromatic heterocycles. The van der Waals surface area contributed by atoms with Crippen molar-refractivity contribution in [1.82, 2.24) is 5.32 Å². The second-order valence-corrected chi connectivity index (χ2v) is 6.03. The monoisotopic (exact) mass is 211 g/mol. The van der Waals surface area contributed by atoms with Crippen LogP contribution in [0.25, 0.3) is 0 Å². The standard InChI is InChI=1S/C14H29N/c1-10(2)13-6-8-14(9-7-13)12(5)15-11(3)4/h10-15H,6-9H2,1-5H3/t12-,13?,14?/m1/s1. The molecule has 0 heterocycles. The van der Waals surface area contributed by atoms with Gasteiger partial charge in [0.2, 0.25) is 0 Å². The molecule has 1 N–H and O–H groups in total. The minimum Gasteiger partial charge on any atom is -0.312 e. The van der Waals surface area contributed by atoms with Crippen molar-refractivity contribution in [2.45, 2.75) is 72.4 Å². The average Bonchev–Trinajstić information content (AvgIpc) is 2.17. The zero-order valence-electron chi connectivity index (χ0n) is 11.2. The quantitative estimate of drug-likeness (QED) is 0.745. The third kappa shape index (κ3) is 4.14. The third-order valence-electron chi connectivity index (χ3n) is 4.06. The Balaban J connectivity index is 2.30. The Morgan fingerprint density at radius 2 is 1.27 bits per heavy atom. The third-order valence-corrected chi connectivity index (χ3v) is 4.06. The van der Waals surface area contributed by atoms with Crippen LogP contribution in [0.2, 0.25) is 0 Å². The van der Waals surface area contributed by atoms with Crippen LogP contribution >= 0.6 is 0 Å². The van der Waals surface area contributed by atoms with Gasteiger partial charge in [0.1, 0.15) is 0 Å². The first-order chi connectivity index (χ1) is 7.00. The highest BCUT2D eigenvalue weighted by Gasteiger charge is 2.26. The topological polar surface area (TPSA) is 12.0 Å². The Morgan fingerprint density at radius 3 is 1.67 bits per heavy atom. The molecule has 0 radical (unpaired) electrons. The fourth-order valence-electron chi connectivity index (χ4n) is 2.97. The summed E-state index contributed by atoms with van der Waals surface area (Å²) in [5, 5.41) is 3.66. The molecule has 0 amide bonds. The molecule has 1 saturated carbocycles. The first kappa shape index (κ1) is 13.0. The van der Waals surface area contributed by atoms with Crippen molar-refractivity contribution in [3.8, 4) is 0 Å². The van der Waals surface area contributed by atoms with Gasteiger partial charge in [0.15, 0.2) is 0 Å².